The number of rotatable bonds is 6. The second kappa shape index (κ2) is 6.02. The fourth-order valence-electron chi connectivity index (χ4n) is 1.58. The molecule has 0 aromatic heterocycles. The van der Waals surface area contributed by atoms with Crippen LogP contribution in [0.4, 0.5) is 0 Å². The zero-order valence-corrected chi connectivity index (χ0v) is 11.3. The monoisotopic (exact) mass is 257 g/mol. The molecule has 1 atom stereocenters. The molecule has 1 rings (SSSR count). The molecule has 1 aromatic carbocycles. The Bertz CT molecular complexity index is 457. The molecular weight excluding hydrogens is 238 g/mol. The Labute approximate surface area is 103 Å². The minimum absolute atomic E-state index is 0.154. The summed E-state index contributed by atoms with van der Waals surface area (Å²) in [5, 5.41) is 0. The van der Waals surface area contributed by atoms with E-state index in [9.17, 15) is 8.42 Å². The molecule has 0 saturated carbocycles. The van der Waals surface area contributed by atoms with E-state index in [1.807, 2.05) is 38.1 Å². The van der Waals surface area contributed by atoms with Gasteiger partial charge in [0.2, 0.25) is 10.0 Å². The Morgan fingerprint density at radius 2 is 2.12 bits per heavy atom. The van der Waals surface area contributed by atoms with Crippen LogP contribution in [0, 0.1) is 0 Å². The van der Waals surface area contributed by atoms with Gasteiger partial charge in [-0.3, -0.25) is 0 Å². The third kappa shape index (κ3) is 4.36. The number of ether oxygens (including phenoxy) is 1. The summed E-state index contributed by atoms with van der Waals surface area (Å²) in [7, 11) is -1.60. The van der Waals surface area contributed by atoms with E-state index in [0.717, 1.165) is 11.3 Å². The van der Waals surface area contributed by atoms with Crippen molar-refractivity contribution < 1.29 is 13.2 Å². The Morgan fingerprint density at radius 3 is 2.71 bits per heavy atom. The van der Waals surface area contributed by atoms with E-state index in [0.29, 0.717) is 6.42 Å². The molecule has 5 heteroatoms. The van der Waals surface area contributed by atoms with E-state index in [1.54, 1.807) is 7.11 Å². The van der Waals surface area contributed by atoms with Gasteiger partial charge in [-0.05, 0) is 31.0 Å². The first-order valence-corrected chi connectivity index (χ1v) is 7.27. The molecule has 96 valence electrons. The van der Waals surface area contributed by atoms with Gasteiger partial charge in [-0.25, -0.2) is 13.1 Å². The summed E-state index contributed by atoms with van der Waals surface area (Å²) in [5.41, 5.74) is 0.893. The van der Waals surface area contributed by atoms with Gasteiger partial charge >= 0.3 is 0 Å². The third-order valence-corrected chi connectivity index (χ3v) is 4.08. The maximum atomic E-state index is 11.6. The van der Waals surface area contributed by atoms with Crippen molar-refractivity contribution in [1.82, 2.24) is 4.72 Å². The van der Waals surface area contributed by atoms with Crippen molar-refractivity contribution in [3.05, 3.63) is 29.8 Å². The summed E-state index contributed by atoms with van der Waals surface area (Å²) >= 11 is 0. The quantitative estimate of drug-likeness (QED) is 0.849. The molecule has 0 aliphatic carbocycles. The highest BCUT2D eigenvalue weighted by molar-refractivity contribution is 7.89. The summed E-state index contributed by atoms with van der Waals surface area (Å²) in [6.45, 7) is 3.66. The van der Waals surface area contributed by atoms with Crippen LogP contribution in [0.2, 0.25) is 0 Å². The predicted molar refractivity (Wildman–Crippen MR) is 68.6 cm³/mol. The molecule has 4 nitrogen and oxygen atoms in total. The first kappa shape index (κ1) is 14.0. The summed E-state index contributed by atoms with van der Waals surface area (Å²) in [5.74, 6) is 0.880. The lowest BCUT2D eigenvalue weighted by Gasteiger charge is -2.15. The number of benzene rings is 1. The van der Waals surface area contributed by atoms with Crippen LogP contribution in [0.15, 0.2) is 24.3 Å². The zero-order chi connectivity index (χ0) is 12.9. The maximum Gasteiger partial charge on any atom is 0.212 e. The van der Waals surface area contributed by atoms with Gasteiger partial charge in [-0.1, -0.05) is 19.1 Å². The normalized spacial score (nSPS) is 13.4. The Morgan fingerprint density at radius 1 is 1.41 bits per heavy atom. The number of hydrogen-bond acceptors (Lipinski definition) is 3. The van der Waals surface area contributed by atoms with Crippen LogP contribution in [0.5, 0.6) is 5.75 Å². The summed E-state index contributed by atoms with van der Waals surface area (Å²) < 4.78 is 31.0. The molecule has 0 bridgehead atoms. The van der Waals surface area contributed by atoms with Gasteiger partial charge in [-0.15, -0.1) is 0 Å². The van der Waals surface area contributed by atoms with Crippen LogP contribution in [0.3, 0.4) is 0 Å². The lowest BCUT2D eigenvalue weighted by Crippen LogP contribution is -2.28. The molecule has 0 radical (unpaired) electrons. The summed E-state index contributed by atoms with van der Waals surface area (Å²) in [6, 6.07) is 7.14. The van der Waals surface area contributed by atoms with Gasteiger partial charge in [0.15, 0.2) is 0 Å². The van der Waals surface area contributed by atoms with Crippen molar-refractivity contribution >= 4 is 10.0 Å². The molecule has 1 unspecified atom stereocenters. The van der Waals surface area contributed by atoms with E-state index in [-0.39, 0.29) is 11.8 Å². The molecular formula is C12H19NO3S. The highest BCUT2D eigenvalue weighted by atomic mass is 32.2. The molecule has 0 fully saturated rings. The second-order valence-electron chi connectivity index (χ2n) is 3.94. The lowest BCUT2D eigenvalue weighted by molar-refractivity contribution is 0.413. The lowest BCUT2D eigenvalue weighted by atomic mass is 10.1. The van der Waals surface area contributed by atoms with Gasteiger partial charge < -0.3 is 4.74 Å². The van der Waals surface area contributed by atoms with E-state index < -0.39 is 10.0 Å². The van der Waals surface area contributed by atoms with E-state index in [1.165, 1.54) is 0 Å². The third-order valence-electron chi connectivity index (χ3n) is 2.42. The Balaban J connectivity index is 2.79. The fourth-order valence-corrected chi connectivity index (χ4v) is 2.91. The van der Waals surface area contributed by atoms with Crippen molar-refractivity contribution in [2.24, 2.45) is 0 Å². The Kier molecular flexibility index (Phi) is 4.96. The highest BCUT2D eigenvalue weighted by Crippen LogP contribution is 2.19. The second-order valence-corrected chi connectivity index (χ2v) is 5.81. The van der Waals surface area contributed by atoms with Crippen LogP contribution in [0.25, 0.3) is 0 Å². The van der Waals surface area contributed by atoms with Gasteiger partial charge in [-0.2, -0.15) is 0 Å². The van der Waals surface area contributed by atoms with E-state index in [4.69, 9.17) is 4.74 Å². The fraction of sp³-hybridized carbons (Fsp3) is 0.500. The van der Waals surface area contributed by atoms with Gasteiger partial charge in [0, 0.05) is 6.04 Å². The number of nitrogens with one attached hydrogen (secondary N) is 1. The van der Waals surface area contributed by atoms with Crippen LogP contribution < -0.4 is 9.46 Å². The molecule has 0 spiro atoms. The van der Waals surface area contributed by atoms with Gasteiger partial charge in [0.25, 0.3) is 0 Å². The summed E-state index contributed by atoms with van der Waals surface area (Å²) in [4.78, 5) is 0. The summed E-state index contributed by atoms with van der Waals surface area (Å²) in [6.07, 6.45) is 0.611. The molecule has 1 aromatic rings. The zero-order valence-electron chi connectivity index (χ0n) is 10.4. The van der Waals surface area contributed by atoms with Gasteiger partial charge in [0.05, 0.1) is 12.9 Å². The van der Waals surface area contributed by atoms with Crippen molar-refractivity contribution in [2.45, 2.75) is 26.3 Å². The SMILES string of the molecule is CCCS(=O)(=O)NC(C)c1cccc(OC)c1. The first-order chi connectivity index (χ1) is 7.98. The van der Waals surface area contributed by atoms with Gasteiger partial charge in [0.1, 0.15) is 5.75 Å². The average Bonchev–Trinajstić information content (AvgIpc) is 2.28. The van der Waals surface area contributed by atoms with Crippen LogP contribution in [0.1, 0.15) is 31.9 Å². The van der Waals surface area contributed by atoms with Crippen molar-refractivity contribution in [2.75, 3.05) is 12.9 Å². The predicted octanol–water partition coefficient (Wildman–Crippen LogP) is 2.09. The van der Waals surface area contributed by atoms with Crippen LogP contribution in [-0.2, 0) is 10.0 Å². The Hall–Kier alpha value is -1.07. The molecule has 0 saturated heterocycles. The van der Waals surface area contributed by atoms with Crippen molar-refractivity contribution in [1.29, 1.82) is 0 Å². The highest BCUT2D eigenvalue weighted by Gasteiger charge is 2.14. The van der Waals surface area contributed by atoms with Crippen LogP contribution in [-0.4, -0.2) is 21.3 Å². The van der Waals surface area contributed by atoms with Crippen LogP contribution >= 0.6 is 0 Å². The number of sulfonamides is 1. The molecule has 0 amide bonds. The molecule has 0 aliphatic rings. The average molecular weight is 257 g/mol. The van der Waals surface area contributed by atoms with E-state index >= 15 is 0 Å². The molecule has 17 heavy (non-hydrogen) atoms. The first-order valence-electron chi connectivity index (χ1n) is 5.62. The van der Waals surface area contributed by atoms with Crippen molar-refractivity contribution in [3.63, 3.8) is 0 Å². The topological polar surface area (TPSA) is 55.4 Å². The smallest absolute Gasteiger partial charge is 0.212 e. The minimum Gasteiger partial charge on any atom is -0.497 e. The largest absolute Gasteiger partial charge is 0.497 e. The van der Waals surface area contributed by atoms with Crippen molar-refractivity contribution in [3.8, 4) is 5.75 Å². The molecule has 0 aliphatic heterocycles. The molecule has 1 N–H and O–H groups in total. The number of hydrogen-bond donors (Lipinski definition) is 1. The number of methoxy groups -OCH3 is 1. The minimum atomic E-state index is -3.19. The standard InChI is InChI=1S/C12H19NO3S/c1-4-8-17(14,15)13-10(2)11-6-5-7-12(9-11)16-3/h5-7,9-10,13H,4,8H2,1-3H3. The van der Waals surface area contributed by atoms with E-state index in [2.05, 4.69) is 4.72 Å². The maximum absolute atomic E-state index is 11.6. The molecule has 0 heterocycles.